The van der Waals surface area contributed by atoms with E-state index in [0.29, 0.717) is 12.8 Å². The van der Waals surface area contributed by atoms with Crippen LogP contribution in [0.15, 0.2) is 0 Å². The van der Waals surface area contributed by atoms with Gasteiger partial charge >= 0.3 is 0 Å². The number of hydrogen-bond donors (Lipinski definition) is 1. The van der Waals surface area contributed by atoms with E-state index in [4.69, 9.17) is 5.73 Å². The van der Waals surface area contributed by atoms with Crippen LogP contribution >= 0.6 is 0 Å². The first-order chi connectivity index (χ1) is 7.74. The molecule has 0 aromatic carbocycles. The highest BCUT2D eigenvalue weighted by atomic mass is 32.2. The molecule has 1 saturated heterocycles. The van der Waals surface area contributed by atoms with Crippen LogP contribution in [0.25, 0.3) is 0 Å². The van der Waals surface area contributed by atoms with E-state index in [1.807, 2.05) is 0 Å². The van der Waals surface area contributed by atoms with Crippen molar-refractivity contribution in [3.05, 3.63) is 0 Å². The molecule has 8 heteroatoms. The lowest BCUT2D eigenvalue weighted by molar-refractivity contribution is 0.386. The molecular formula is C9H20N2O4S2. The minimum atomic E-state index is -3.49. The van der Waals surface area contributed by atoms with Gasteiger partial charge < -0.3 is 5.73 Å². The van der Waals surface area contributed by atoms with Gasteiger partial charge in [-0.25, -0.2) is 21.1 Å². The van der Waals surface area contributed by atoms with Crippen molar-refractivity contribution in [2.24, 2.45) is 5.73 Å². The fraction of sp³-hybridized carbons (Fsp3) is 1.00. The number of rotatable bonds is 5. The van der Waals surface area contributed by atoms with E-state index >= 15 is 0 Å². The Morgan fingerprint density at radius 1 is 1.47 bits per heavy atom. The van der Waals surface area contributed by atoms with E-state index in [-0.39, 0.29) is 18.1 Å². The summed E-state index contributed by atoms with van der Waals surface area (Å²) < 4.78 is 48.1. The van der Waals surface area contributed by atoms with Gasteiger partial charge in [0, 0.05) is 19.6 Å². The molecule has 1 aliphatic rings. The zero-order valence-corrected chi connectivity index (χ0v) is 11.8. The molecule has 0 radical (unpaired) electrons. The molecule has 0 aliphatic carbocycles. The Kier molecular flexibility index (Phi) is 4.56. The summed E-state index contributed by atoms with van der Waals surface area (Å²) in [7, 11) is -5.12. The second-order valence-corrected chi connectivity index (χ2v) is 8.89. The Hall–Kier alpha value is -0.180. The smallest absolute Gasteiger partial charge is 0.218 e. The van der Waals surface area contributed by atoms with Crippen LogP contribution in [0.4, 0.5) is 0 Å². The molecule has 2 atom stereocenters. The first-order valence-corrected chi connectivity index (χ1v) is 8.94. The average molecular weight is 284 g/mol. The maximum absolute atomic E-state index is 12.1. The van der Waals surface area contributed by atoms with E-state index < -0.39 is 31.2 Å². The monoisotopic (exact) mass is 284 g/mol. The summed E-state index contributed by atoms with van der Waals surface area (Å²) in [5.74, 6) is -0.0132. The molecule has 1 heterocycles. The van der Waals surface area contributed by atoms with Gasteiger partial charge in [0.25, 0.3) is 0 Å². The van der Waals surface area contributed by atoms with Crippen LogP contribution in [-0.2, 0) is 19.9 Å². The van der Waals surface area contributed by atoms with Crippen LogP contribution in [0.1, 0.15) is 19.8 Å². The first-order valence-electron chi connectivity index (χ1n) is 5.62. The van der Waals surface area contributed by atoms with Crippen molar-refractivity contribution >= 4 is 19.9 Å². The van der Waals surface area contributed by atoms with Crippen molar-refractivity contribution in [3.8, 4) is 0 Å². The zero-order chi connectivity index (χ0) is 13.3. The third-order valence-corrected chi connectivity index (χ3v) is 7.48. The molecule has 0 aromatic rings. The molecule has 1 aliphatic heterocycles. The first kappa shape index (κ1) is 14.9. The van der Waals surface area contributed by atoms with Crippen molar-refractivity contribution in [3.63, 3.8) is 0 Å². The maximum Gasteiger partial charge on any atom is 0.218 e. The summed E-state index contributed by atoms with van der Waals surface area (Å²) in [4.78, 5) is 0. The topological polar surface area (TPSA) is 97.5 Å². The lowest BCUT2D eigenvalue weighted by Gasteiger charge is -2.26. The molecule has 1 fully saturated rings. The van der Waals surface area contributed by atoms with Crippen LogP contribution in [-0.4, -0.2) is 57.5 Å². The number of sulfonamides is 1. The lowest BCUT2D eigenvalue weighted by Crippen LogP contribution is -2.45. The van der Waals surface area contributed by atoms with E-state index in [1.54, 1.807) is 6.92 Å². The summed E-state index contributed by atoms with van der Waals surface area (Å²) in [6.07, 6.45) is 0.807. The molecule has 0 bridgehead atoms. The van der Waals surface area contributed by atoms with Crippen molar-refractivity contribution < 1.29 is 16.8 Å². The average Bonchev–Trinajstić information content (AvgIpc) is 2.59. The number of nitrogens with zero attached hydrogens (tertiary/aromatic N) is 1. The van der Waals surface area contributed by atoms with Gasteiger partial charge in [-0.1, -0.05) is 6.92 Å². The lowest BCUT2D eigenvalue weighted by atomic mass is 10.3. The third-order valence-electron chi connectivity index (χ3n) is 3.26. The Bertz CT molecular complexity index is 453. The number of hydrogen-bond acceptors (Lipinski definition) is 5. The number of sulfone groups is 1. The van der Waals surface area contributed by atoms with E-state index in [2.05, 4.69) is 0 Å². The van der Waals surface area contributed by atoms with Crippen LogP contribution in [0, 0.1) is 0 Å². The minimum Gasteiger partial charge on any atom is -0.329 e. The molecular weight excluding hydrogens is 264 g/mol. The van der Waals surface area contributed by atoms with Gasteiger partial charge in [0.15, 0.2) is 9.84 Å². The summed E-state index contributed by atoms with van der Waals surface area (Å²) in [5.41, 5.74) is 5.44. The third kappa shape index (κ3) is 3.18. The second kappa shape index (κ2) is 5.21. The SMILES string of the molecule is CCC(CN)S(=O)(=O)N(C)C1CCS(=O)(=O)C1. The fourth-order valence-electron chi connectivity index (χ4n) is 2.00. The van der Waals surface area contributed by atoms with E-state index in [1.165, 1.54) is 11.4 Å². The molecule has 0 amide bonds. The van der Waals surface area contributed by atoms with Crippen molar-refractivity contribution in [2.75, 3.05) is 25.1 Å². The summed E-state index contributed by atoms with van der Waals surface area (Å²) in [5, 5.41) is -0.629. The van der Waals surface area contributed by atoms with Gasteiger partial charge in [0.1, 0.15) is 0 Å². The highest BCUT2D eigenvalue weighted by molar-refractivity contribution is 7.92. The fourth-order valence-corrected chi connectivity index (χ4v) is 5.60. The van der Waals surface area contributed by atoms with E-state index in [0.717, 1.165) is 0 Å². The van der Waals surface area contributed by atoms with Crippen molar-refractivity contribution in [1.29, 1.82) is 0 Å². The largest absolute Gasteiger partial charge is 0.329 e. The normalized spacial score (nSPS) is 26.2. The highest BCUT2D eigenvalue weighted by Gasteiger charge is 2.38. The van der Waals surface area contributed by atoms with Gasteiger partial charge in [-0.2, -0.15) is 0 Å². The van der Waals surface area contributed by atoms with Gasteiger partial charge in [-0.05, 0) is 12.8 Å². The van der Waals surface area contributed by atoms with Crippen molar-refractivity contribution in [1.82, 2.24) is 4.31 Å². The second-order valence-electron chi connectivity index (χ2n) is 4.38. The van der Waals surface area contributed by atoms with Gasteiger partial charge in [0.2, 0.25) is 10.0 Å². The minimum absolute atomic E-state index is 0.0582. The van der Waals surface area contributed by atoms with Crippen LogP contribution in [0.2, 0.25) is 0 Å². The molecule has 0 spiro atoms. The quantitative estimate of drug-likeness (QED) is 0.711. The highest BCUT2D eigenvalue weighted by Crippen LogP contribution is 2.21. The standard InChI is InChI=1S/C9H20N2O4S2/c1-3-9(6-10)17(14,15)11(2)8-4-5-16(12,13)7-8/h8-9H,3-7,10H2,1-2H3. The van der Waals surface area contributed by atoms with Crippen molar-refractivity contribution in [2.45, 2.75) is 31.1 Å². The maximum atomic E-state index is 12.1. The molecule has 1 rings (SSSR count). The van der Waals surface area contributed by atoms with Gasteiger partial charge in [-0.15, -0.1) is 0 Å². The molecule has 6 nitrogen and oxygen atoms in total. The van der Waals surface area contributed by atoms with Crippen LogP contribution < -0.4 is 5.73 Å². The predicted octanol–water partition coefficient (Wildman–Crippen LogP) is -0.828. The Labute approximate surface area is 103 Å². The zero-order valence-electron chi connectivity index (χ0n) is 10.2. The van der Waals surface area contributed by atoms with Crippen LogP contribution in [0.3, 0.4) is 0 Å². The number of nitrogens with two attached hydrogens (primary N) is 1. The Morgan fingerprint density at radius 3 is 2.41 bits per heavy atom. The van der Waals surface area contributed by atoms with Gasteiger partial charge in [0.05, 0.1) is 16.8 Å². The molecule has 0 aromatic heterocycles. The van der Waals surface area contributed by atoms with E-state index in [9.17, 15) is 16.8 Å². The molecule has 2 unspecified atom stereocenters. The molecule has 2 N–H and O–H groups in total. The predicted molar refractivity (Wildman–Crippen MR) is 66.9 cm³/mol. The molecule has 102 valence electrons. The Balaban J connectivity index is 2.87. The summed E-state index contributed by atoms with van der Waals surface area (Å²) in [6, 6.07) is -0.439. The molecule has 17 heavy (non-hydrogen) atoms. The Morgan fingerprint density at radius 2 is 2.06 bits per heavy atom. The summed E-state index contributed by atoms with van der Waals surface area (Å²) >= 11 is 0. The van der Waals surface area contributed by atoms with Gasteiger partial charge in [-0.3, -0.25) is 0 Å². The summed E-state index contributed by atoms with van der Waals surface area (Å²) in [6.45, 7) is 1.82. The molecule has 0 saturated carbocycles. The van der Waals surface area contributed by atoms with Crippen LogP contribution in [0.5, 0.6) is 0 Å².